The first-order chi connectivity index (χ1) is 23.0. The number of rotatable bonds is 11. The molecule has 240 valence electrons. The van der Waals surface area contributed by atoms with Crippen LogP contribution in [-0.2, 0) is 29.2 Å². The van der Waals surface area contributed by atoms with Gasteiger partial charge in [-0.05, 0) is 52.6 Å². The predicted molar refractivity (Wildman–Crippen MR) is 183 cm³/mol. The van der Waals surface area contributed by atoms with Crippen LogP contribution in [0.2, 0.25) is 0 Å². The summed E-state index contributed by atoms with van der Waals surface area (Å²) in [7, 11) is 2.13. The second-order valence-corrected chi connectivity index (χ2v) is 12.2. The van der Waals surface area contributed by atoms with Gasteiger partial charge in [-0.1, -0.05) is 110 Å². The van der Waals surface area contributed by atoms with Gasteiger partial charge in [0.25, 0.3) is 5.91 Å². The van der Waals surface area contributed by atoms with Crippen molar-refractivity contribution in [1.82, 2.24) is 15.2 Å². The van der Waals surface area contributed by atoms with Gasteiger partial charge < -0.3 is 19.9 Å². The van der Waals surface area contributed by atoms with E-state index in [0.717, 1.165) is 46.5 Å². The van der Waals surface area contributed by atoms with Crippen LogP contribution in [0.4, 0.5) is 0 Å². The summed E-state index contributed by atoms with van der Waals surface area (Å²) in [6.45, 7) is 4.16. The number of aromatic nitrogens is 1. The zero-order chi connectivity index (χ0) is 32.6. The third-order valence-corrected chi connectivity index (χ3v) is 8.78. The molecule has 7 heteroatoms. The molecule has 1 aliphatic rings. The van der Waals surface area contributed by atoms with E-state index in [0.29, 0.717) is 12.1 Å². The van der Waals surface area contributed by atoms with E-state index in [9.17, 15) is 9.90 Å². The highest BCUT2D eigenvalue weighted by molar-refractivity contribution is 5.93. The minimum absolute atomic E-state index is 0.00630. The number of carbonyl (C=O) groups excluding carboxylic acids is 1. The molecule has 2 heterocycles. The summed E-state index contributed by atoms with van der Waals surface area (Å²) in [5.74, 6) is -0.0638. The van der Waals surface area contributed by atoms with Gasteiger partial charge in [0.15, 0.2) is 6.29 Å². The molecule has 1 amide bonds. The Morgan fingerprint density at radius 2 is 1.55 bits per heavy atom. The predicted octanol–water partition coefficient (Wildman–Crippen LogP) is 7.09. The highest BCUT2D eigenvalue weighted by Gasteiger charge is 2.38. The van der Waals surface area contributed by atoms with Crippen LogP contribution in [0.15, 0.2) is 128 Å². The van der Waals surface area contributed by atoms with Crippen molar-refractivity contribution in [3.05, 3.63) is 161 Å². The largest absolute Gasteiger partial charge is 0.392 e. The van der Waals surface area contributed by atoms with Crippen molar-refractivity contribution in [3.63, 3.8) is 0 Å². The third-order valence-electron chi connectivity index (χ3n) is 8.78. The minimum atomic E-state index is -0.549. The van der Waals surface area contributed by atoms with E-state index in [1.807, 2.05) is 48.5 Å². The molecule has 1 fully saturated rings. The van der Waals surface area contributed by atoms with Crippen LogP contribution in [0.5, 0.6) is 0 Å². The average molecular weight is 628 g/mol. The first-order valence-electron chi connectivity index (χ1n) is 16.1. The smallest absolute Gasteiger partial charge is 0.253 e. The van der Waals surface area contributed by atoms with Gasteiger partial charge >= 0.3 is 0 Å². The first-order valence-corrected chi connectivity index (χ1v) is 16.1. The second kappa shape index (κ2) is 15.3. The third kappa shape index (κ3) is 8.02. The van der Waals surface area contributed by atoms with Crippen molar-refractivity contribution in [2.45, 2.75) is 45.1 Å². The highest BCUT2D eigenvalue weighted by atomic mass is 16.7. The number of hydrogen-bond donors (Lipinski definition) is 2. The van der Waals surface area contributed by atoms with E-state index in [-0.39, 0.29) is 30.6 Å². The van der Waals surface area contributed by atoms with Crippen LogP contribution in [0.3, 0.4) is 0 Å². The van der Waals surface area contributed by atoms with Gasteiger partial charge in [-0.3, -0.25) is 14.7 Å². The van der Waals surface area contributed by atoms with Crippen LogP contribution >= 0.6 is 0 Å². The molecule has 1 aromatic heterocycles. The van der Waals surface area contributed by atoms with Crippen LogP contribution in [-0.4, -0.2) is 40.6 Å². The highest BCUT2D eigenvalue weighted by Crippen LogP contribution is 2.42. The Hall–Kier alpha value is -4.66. The average Bonchev–Trinajstić information content (AvgIpc) is 3.12. The van der Waals surface area contributed by atoms with E-state index in [2.05, 4.69) is 83.8 Å². The molecule has 4 atom stereocenters. The minimum Gasteiger partial charge on any atom is -0.392 e. The van der Waals surface area contributed by atoms with Gasteiger partial charge in [-0.25, -0.2) is 0 Å². The summed E-state index contributed by atoms with van der Waals surface area (Å²) in [6.07, 6.45) is 2.41. The molecule has 0 radical (unpaired) electrons. The fourth-order valence-corrected chi connectivity index (χ4v) is 6.15. The number of ether oxygens (including phenoxy) is 2. The molecule has 5 aromatic rings. The fraction of sp³-hybridized carbons (Fsp3) is 0.250. The van der Waals surface area contributed by atoms with Crippen molar-refractivity contribution in [3.8, 4) is 11.1 Å². The van der Waals surface area contributed by atoms with Crippen LogP contribution < -0.4 is 5.32 Å². The SMILES string of the molecule is C[C@H]1[C@@H](CN(C)Cc2ccccc2)O[C@@H](c2ccc(-c3ccccc3CNC(=O)c3cccnc3)cc2)O[C@H]1c1ccc(CO)cc1. The monoisotopic (exact) mass is 627 g/mol. The normalized spacial score (nSPS) is 19.4. The van der Waals surface area contributed by atoms with E-state index in [1.54, 1.807) is 24.5 Å². The van der Waals surface area contributed by atoms with Crippen LogP contribution in [0.25, 0.3) is 11.1 Å². The molecule has 7 nitrogen and oxygen atoms in total. The molecule has 0 bridgehead atoms. The van der Waals surface area contributed by atoms with Gasteiger partial charge in [0.2, 0.25) is 0 Å². The number of benzene rings is 4. The maximum absolute atomic E-state index is 12.7. The van der Waals surface area contributed by atoms with E-state index >= 15 is 0 Å². The molecule has 0 unspecified atom stereocenters. The summed E-state index contributed by atoms with van der Waals surface area (Å²) in [4.78, 5) is 19.0. The van der Waals surface area contributed by atoms with E-state index < -0.39 is 6.29 Å². The Balaban J connectivity index is 1.21. The molecular formula is C40H41N3O4. The Morgan fingerprint density at radius 3 is 2.28 bits per heavy atom. The van der Waals surface area contributed by atoms with Crippen molar-refractivity contribution < 1.29 is 19.4 Å². The van der Waals surface area contributed by atoms with Crippen molar-refractivity contribution in [2.24, 2.45) is 5.92 Å². The summed E-state index contributed by atoms with van der Waals surface area (Å²) in [5.41, 5.74) is 7.78. The molecule has 4 aromatic carbocycles. The Kier molecular flexibility index (Phi) is 10.5. The number of nitrogens with one attached hydrogen (secondary N) is 1. The van der Waals surface area contributed by atoms with E-state index in [4.69, 9.17) is 9.47 Å². The first kappa shape index (κ1) is 32.3. The maximum atomic E-state index is 12.7. The van der Waals surface area contributed by atoms with Crippen LogP contribution in [0.1, 0.15) is 57.5 Å². The van der Waals surface area contributed by atoms with Gasteiger partial charge in [-0.15, -0.1) is 0 Å². The number of aliphatic hydroxyl groups excluding tert-OH is 1. The lowest BCUT2D eigenvalue weighted by Gasteiger charge is -2.42. The molecule has 6 rings (SSSR count). The van der Waals surface area contributed by atoms with Crippen molar-refractivity contribution in [2.75, 3.05) is 13.6 Å². The number of likely N-dealkylation sites (N-methyl/N-ethyl adjacent to an activating group) is 1. The number of hydrogen-bond acceptors (Lipinski definition) is 6. The number of pyridine rings is 1. The Morgan fingerprint density at radius 1 is 0.830 bits per heavy atom. The zero-order valence-electron chi connectivity index (χ0n) is 26.8. The lowest BCUT2D eigenvalue weighted by atomic mass is 9.90. The lowest BCUT2D eigenvalue weighted by molar-refractivity contribution is -0.276. The molecule has 0 spiro atoms. The van der Waals surface area contributed by atoms with Gasteiger partial charge in [0.1, 0.15) is 0 Å². The molecule has 1 saturated heterocycles. The van der Waals surface area contributed by atoms with Gasteiger partial charge in [-0.2, -0.15) is 0 Å². The molecule has 1 aliphatic heterocycles. The summed E-state index contributed by atoms with van der Waals surface area (Å²) in [5, 5.41) is 12.6. The van der Waals surface area contributed by atoms with Crippen molar-refractivity contribution >= 4 is 5.91 Å². The zero-order valence-corrected chi connectivity index (χ0v) is 26.8. The fourth-order valence-electron chi connectivity index (χ4n) is 6.15. The summed E-state index contributed by atoms with van der Waals surface area (Å²) in [6, 6.07) is 38.4. The van der Waals surface area contributed by atoms with Gasteiger partial charge in [0, 0.05) is 43.5 Å². The van der Waals surface area contributed by atoms with Gasteiger partial charge in [0.05, 0.1) is 24.4 Å². The second-order valence-electron chi connectivity index (χ2n) is 12.2. The molecule has 0 saturated carbocycles. The Labute approximate surface area is 276 Å². The molecule has 47 heavy (non-hydrogen) atoms. The summed E-state index contributed by atoms with van der Waals surface area (Å²) < 4.78 is 13.4. The number of amides is 1. The lowest BCUT2D eigenvalue weighted by Crippen LogP contribution is -2.43. The van der Waals surface area contributed by atoms with Crippen molar-refractivity contribution in [1.29, 1.82) is 0 Å². The van der Waals surface area contributed by atoms with E-state index in [1.165, 1.54) is 5.56 Å². The molecular weight excluding hydrogens is 586 g/mol. The number of nitrogens with zero attached hydrogens (tertiary/aromatic N) is 2. The Bertz CT molecular complexity index is 1730. The topological polar surface area (TPSA) is 83.9 Å². The van der Waals surface area contributed by atoms with Crippen LogP contribution in [0, 0.1) is 5.92 Å². The number of aliphatic hydroxyl groups is 1. The number of carbonyl (C=O) groups is 1. The quantitative estimate of drug-likeness (QED) is 0.163. The maximum Gasteiger partial charge on any atom is 0.253 e. The standard InChI is InChI=1S/C40H41N3O4/c1-28-37(26-43(2)25-29-9-4-3-5-10-29)46-40(47-38(28)32-16-14-30(27-44)15-17-32)33-20-18-31(19-21-33)36-13-7-6-11-34(36)24-42-39(45)35-12-8-22-41-23-35/h3-23,28,37-38,40,44H,24-27H2,1-2H3,(H,42,45)/t28-,37+,38+,40+/m0/s1. The molecule has 2 N–H and O–H groups in total. The molecule has 0 aliphatic carbocycles. The summed E-state index contributed by atoms with van der Waals surface area (Å²) >= 11 is 0.